The first kappa shape index (κ1) is 16.0. The minimum absolute atomic E-state index is 0.522. The van der Waals surface area contributed by atoms with Crippen molar-refractivity contribution in [3.8, 4) is 0 Å². The summed E-state index contributed by atoms with van der Waals surface area (Å²) in [6.45, 7) is 10.8. The summed E-state index contributed by atoms with van der Waals surface area (Å²) < 4.78 is 0. The molecule has 1 saturated heterocycles. The zero-order chi connectivity index (χ0) is 15.4. The first-order valence-electron chi connectivity index (χ1n) is 9.15. The normalized spacial score (nSPS) is 26.0. The number of benzene rings is 1. The van der Waals surface area contributed by atoms with Gasteiger partial charge in [0.05, 0.1) is 0 Å². The van der Waals surface area contributed by atoms with Crippen LogP contribution >= 0.6 is 0 Å². The van der Waals surface area contributed by atoms with Crippen LogP contribution in [0.15, 0.2) is 24.3 Å². The maximum absolute atomic E-state index is 3.44. The van der Waals surface area contributed by atoms with Crippen molar-refractivity contribution in [1.82, 2.24) is 10.2 Å². The van der Waals surface area contributed by atoms with E-state index < -0.39 is 0 Å². The van der Waals surface area contributed by atoms with Crippen LogP contribution in [0.1, 0.15) is 56.6 Å². The number of nitrogens with zero attached hydrogens (tertiary/aromatic N) is 1. The van der Waals surface area contributed by atoms with Gasteiger partial charge in [-0.25, -0.2) is 0 Å². The van der Waals surface area contributed by atoms with Crippen LogP contribution in [-0.2, 0) is 6.42 Å². The molecule has 1 aliphatic carbocycles. The SMILES string of the molecule is CC1(C)CCCC(c2ccccc2CCN2CCNCC2)C1. The van der Waals surface area contributed by atoms with Crippen LogP contribution in [0.4, 0.5) is 0 Å². The highest BCUT2D eigenvalue weighted by molar-refractivity contribution is 5.31. The molecule has 2 aliphatic rings. The minimum atomic E-state index is 0.522. The van der Waals surface area contributed by atoms with E-state index in [9.17, 15) is 0 Å². The average Bonchev–Trinajstić information content (AvgIpc) is 2.53. The molecule has 1 aliphatic heterocycles. The molecule has 1 heterocycles. The fourth-order valence-electron chi connectivity index (χ4n) is 4.34. The molecule has 1 atom stereocenters. The van der Waals surface area contributed by atoms with Gasteiger partial charge in [0.25, 0.3) is 0 Å². The van der Waals surface area contributed by atoms with E-state index in [1.807, 2.05) is 0 Å². The Bertz CT molecular complexity index is 474. The summed E-state index contributed by atoms with van der Waals surface area (Å²) in [6.07, 6.45) is 6.75. The molecule has 0 spiro atoms. The third kappa shape index (κ3) is 4.11. The Morgan fingerprint density at radius 1 is 1.18 bits per heavy atom. The van der Waals surface area contributed by atoms with Crippen LogP contribution in [-0.4, -0.2) is 37.6 Å². The van der Waals surface area contributed by atoms with Crippen molar-refractivity contribution in [2.45, 2.75) is 51.9 Å². The molecular weight excluding hydrogens is 268 g/mol. The molecule has 0 radical (unpaired) electrons. The largest absolute Gasteiger partial charge is 0.314 e. The third-order valence-corrected chi connectivity index (χ3v) is 5.61. The van der Waals surface area contributed by atoms with Gasteiger partial charge in [0.2, 0.25) is 0 Å². The highest BCUT2D eigenvalue weighted by atomic mass is 15.2. The van der Waals surface area contributed by atoms with Gasteiger partial charge in [-0.15, -0.1) is 0 Å². The second-order valence-electron chi connectivity index (χ2n) is 8.00. The Labute approximate surface area is 136 Å². The lowest BCUT2D eigenvalue weighted by atomic mass is 9.69. The zero-order valence-corrected chi connectivity index (χ0v) is 14.4. The summed E-state index contributed by atoms with van der Waals surface area (Å²) in [6, 6.07) is 9.24. The van der Waals surface area contributed by atoms with Crippen LogP contribution < -0.4 is 5.32 Å². The number of hydrogen-bond acceptors (Lipinski definition) is 2. The fourth-order valence-corrected chi connectivity index (χ4v) is 4.34. The van der Waals surface area contributed by atoms with Gasteiger partial charge in [0.15, 0.2) is 0 Å². The van der Waals surface area contributed by atoms with E-state index in [2.05, 4.69) is 48.3 Å². The Kier molecular flexibility index (Phi) is 5.20. The first-order chi connectivity index (χ1) is 10.6. The Hall–Kier alpha value is -0.860. The second kappa shape index (κ2) is 7.14. The highest BCUT2D eigenvalue weighted by Gasteiger charge is 2.29. The Morgan fingerprint density at radius 3 is 2.73 bits per heavy atom. The molecule has 22 heavy (non-hydrogen) atoms. The monoisotopic (exact) mass is 300 g/mol. The molecule has 1 saturated carbocycles. The standard InChI is InChI=1S/C20H32N2/c1-20(2)10-5-7-18(16-20)19-8-4-3-6-17(19)9-13-22-14-11-21-12-15-22/h3-4,6,8,18,21H,5,7,9-16H2,1-2H3. The van der Waals surface area contributed by atoms with Gasteiger partial charge in [0, 0.05) is 32.7 Å². The molecule has 122 valence electrons. The molecular formula is C20H32N2. The summed E-state index contributed by atoms with van der Waals surface area (Å²) in [4.78, 5) is 2.61. The van der Waals surface area contributed by atoms with E-state index in [1.54, 1.807) is 11.1 Å². The predicted octanol–water partition coefficient (Wildman–Crippen LogP) is 3.82. The molecule has 1 unspecified atom stereocenters. The Morgan fingerprint density at radius 2 is 1.95 bits per heavy atom. The molecule has 1 N–H and O–H groups in total. The van der Waals surface area contributed by atoms with Crippen molar-refractivity contribution in [3.05, 3.63) is 35.4 Å². The molecule has 0 aromatic heterocycles. The lowest BCUT2D eigenvalue weighted by Gasteiger charge is -2.36. The van der Waals surface area contributed by atoms with E-state index in [0.29, 0.717) is 5.41 Å². The van der Waals surface area contributed by atoms with Gasteiger partial charge in [-0.2, -0.15) is 0 Å². The molecule has 2 heteroatoms. The van der Waals surface area contributed by atoms with Gasteiger partial charge in [-0.05, 0) is 48.1 Å². The number of rotatable bonds is 4. The molecule has 0 bridgehead atoms. The molecule has 2 nitrogen and oxygen atoms in total. The predicted molar refractivity (Wildman–Crippen MR) is 94.4 cm³/mol. The van der Waals surface area contributed by atoms with E-state index in [1.165, 1.54) is 51.7 Å². The van der Waals surface area contributed by atoms with Crippen molar-refractivity contribution in [1.29, 1.82) is 0 Å². The maximum Gasteiger partial charge on any atom is 0.0108 e. The summed E-state index contributed by atoms with van der Waals surface area (Å²) in [5.41, 5.74) is 3.77. The van der Waals surface area contributed by atoms with Gasteiger partial charge in [-0.1, -0.05) is 44.5 Å². The first-order valence-corrected chi connectivity index (χ1v) is 9.15. The van der Waals surface area contributed by atoms with E-state index in [4.69, 9.17) is 0 Å². The minimum Gasteiger partial charge on any atom is -0.314 e. The highest BCUT2D eigenvalue weighted by Crippen LogP contribution is 2.44. The summed E-state index contributed by atoms with van der Waals surface area (Å²) in [5.74, 6) is 0.781. The van der Waals surface area contributed by atoms with Crippen molar-refractivity contribution in [3.63, 3.8) is 0 Å². The summed E-state index contributed by atoms with van der Waals surface area (Å²) >= 11 is 0. The van der Waals surface area contributed by atoms with E-state index >= 15 is 0 Å². The smallest absolute Gasteiger partial charge is 0.0108 e. The van der Waals surface area contributed by atoms with Crippen LogP contribution in [0.5, 0.6) is 0 Å². The summed E-state index contributed by atoms with van der Waals surface area (Å²) in [7, 11) is 0. The summed E-state index contributed by atoms with van der Waals surface area (Å²) in [5, 5.41) is 3.44. The van der Waals surface area contributed by atoms with E-state index in [-0.39, 0.29) is 0 Å². The second-order valence-corrected chi connectivity index (χ2v) is 8.00. The van der Waals surface area contributed by atoms with Crippen LogP contribution in [0.25, 0.3) is 0 Å². The van der Waals surface area contributed by atoms with Crippen molar-refractivity contribution in [2.24, 2.45) is 5.41 Å². The molecule has 3 rings (SSSR count). The van der Waals surface area contributed by atoms with Gasteiger partial charge >= 0.3 is 0 Å². The molecule has 0 amide bonds. The average molecular weight is 300 g/mol. The topological polar surface area (TPSA) is 15.3 Å². The van der Waals surface area contributed by atoms with Crippen molar-refractivity contribution >= 4 is 0 Å². The number of piperazine rings is 1. The number of hydrogen-bond donors (Lipinski definition) is 1. The van der Waals surface area contributed by atoms with Crippen molar-refractivity contribution in [2.75, 3.05) is 32.7 Å². The lowest BCUT2D eigenvalue weighted by Crippen LogP contribution is -2.44. The van der Waals surface area contributed by atoms with Crippen LogP contribution in [0, 0.1) is 5.41 Å². The quantitative estimate of drug-likeness (QED) is 0.909. The van der Waals surface area contributed by atoms with Gasteiger partial charge in [0.1, 0.15) is 0 Å². The Balaban J connectivity index is 1.66. The fraction of sp³-hybridized carbons (Fsp3) is 0.700. The van der Waals surface area contributed by atoms with E-state index in [0.717, 1.165) is 19.0 Å². The van der Waals surface area contributed by atoms with Crippen LogP contribution in [0.3, 0.4) is 0 Å². The van der Waals surface area contributed by atoms with Gasteiger partial charge < -0.3 is 10.2 Å². The van der Waals surface area contributed by atoms with Crippen LogP contribution in [0.2, 0.25) is 0 Å². The van der Waals surface area contributed by atoms with Crippen molar-refractivity contribution < 1.29 is 0 Å². The zero-order valence-electron chi connectivity index (χ0n) is 14.4. The molecule has 2 fully saturated rings. The lowest BCUT2D eigenvalue weighted by molar-refractivity contribution is 0.218. The third-order valence-electron chi connectivity index (χ3n) is 5.61. The number of nitrogens with one attached hydrogen (secondary N) is 1. The molecule has 1 aromatic rings. The van der Waals surface area contributed by atoms with Gasteiger partial charge in [-0.3, -0.25) is 0 Å². The maximum atomic E-state index is 3.44. The molecule has 1 aromatic carbocycles.